The van der Waals surface area contributed by atoms with Crippen molar-refractivity contribution in [2.24, 2.45) is 0 Å². The zero-order valence-corrected chi connectivity index (χ0v) is 12.9. The van der Waals surface area contributed by atoms with Crippen LogP contribution in [-0.2, 0) is 10.0 Å². The van der Waals surface area contributed by atoms with Crippen LogP contribution in [0.15, 0.2) is 53.4 Å². The van der Waals surface area contributed by atoms with Crippen molar-refractivity contribution in [1.82, 2.24) is 4.31 Å². The molecule has 0 N–H and O–H groups in total. The monoisotopic (exact) mass is 307 g/mol. The van der Waals surface area contributed by atoms with Crippen LogP contribution in [0.4, 0.5) is 4.39 Å². The van der Waals surface area contributed by atoms with Gasteiger partial charge in [0.25, 0.3) is 0 Å². The summed E-state index contributed by atoms with van der Waals surface area (Å²) in [5.41, 5.74) is 1.07. The van der Waals surface area contributed by atoms with E-state index < -0.39 is 10.0 Å². The molecule has 21 heavy (non-hydrogen) atoms. The fourth-order valence-electron chi connectivity index (χ4n) is 2.29. The molecule has 0 saturated carbocycles. The highest BCUT2D eigenvalue weighted by Gasteiger charge is 2.24. The zero-order valence-electron chi connectivity index (χ0n) is 12.1. The van der Waals surface area contributed by atoms with Gasteiger partial charge in [-0.1, -0.05) is 44.2 Å². The van der Waals surface area contributed by atoms with Gasteiger partial charge in [0.2, 0.25) is 10.0 Å². The molecule has 0 unspecified atom stereocenters. The number of benzene rings is 2. The lowest BCUT2D eigenvalue weighted by molar-refractivity contribution is 0.445. The van der Waals surface area contributed by atoms with Gasteiger partial charge in [-0.3, -0.25) is 0 Å². The molecule has 0 radical (unpaired) electrons. The molecule has 0 atom stereocenters. The van der Waals surface area contributed by atoms with Crippen molar-refractivity contribution in [3.63, 3.8) is 0 Å². The van der Waals surface area contributed by atoms with E-state index in [0.717, 1.165) is 0 Å². The standard InChI is InChI=1S/C16H18FNO2S/c1-3-18(4-2)21(19,20)16-11-6-5-10-15(16)13-8-7-9-14(17)12-13/h5-12H,3-4H2,1-2H3. The fraction of sp³-hybridized carbons (Fsp3) is 0.250. The minimum Gasteiger partial charge on any atom is -0.207 e. The Morgan fingerprint density at radius 3 is 2.29 bits per heavy atom. The number of halogens is 1. The number of hydrogen-bond acceptors (Lipinski definition) is 2. The molecule has 5 heteroatoms. The maximum Gasteiger partial charge on any atom is 0.243 e. The number of hydrogen-bond donors (Lipinski definition) is 0. The molecule has 0 aromatic heterocycles. The molecule has 0 heterocycles. The summed E-state index contributed by atoms with van der Waals surface area (Å²) in [6.45, 7) is 4.39. The van der Waals surface area contributed by atoms with E-state index in [4.69, 9.17) is 0 Å². The summed E-state index contributed by atoms with van der Waals surface area (Å²) in [4.78, 5) is 0.208. The Morgan fingerprint density at radius 2 is 1.67 bits per heavy atom. The Bertz CT molecular complexity index is 725. The molecule has 112 valence electrons. The Balaban J connectivity index is 2.62. The normalized spacial score (nSPS) is 11.8. The third-order valence-electron chi connectivity index (χ3n) is 3.35. The van der Waals surface area contributed by atoms with Crippen molar-refractivity contribution < 1.29 is 12.8 Å². The first kappa shape index (κ1) is 15.7. The second-order valence-corrected chi connectivity index (χ2v) is 6.50. The Kier molecular flexibility index (Phi) is 4.75. The lowest BCUT2D eigenvalue weighted by atomic mass is 10.1. The van der Waals surface area contributed by atoms with Gasteiger partial charge in [-0.25, -0.2) is 12.8 Å². The van der Waals surface area contributed by atoms with Gasteiger partial charge in [0.05, 0.1) is 4.90 Å². The number of nitrogens with zero attached hydrogens (tertiary/aromatic N) is 1. The largest absolute Gasteiger partial charge is 0.243 e. The van der Waals surface area contributed by atoms with Crippen LogP contribution in [0, 0.1) is 5.82 Å². The molecule has 3 nitrogen and oxygen atoms in total. The summed E-state index contributed by atoms with van der Waals surface area (Å²) >= 11 is 0. The molecule has 2 aromatic carbocycles. The highest BCUT2D eigenvalue weighted by Crippen LogP contribution is 2.29. The molecule has 0 aliphatic carbocycles. The van der Waals surface area contributed by atoms with Gasteiger partial charge in [-0.05, 0) is 23.8 Å². The molecule has 0 aliphatic rings. The van der Waals surface area contributed by atoms with Crippen LogP contribution in [0.25, 0.3) is 11.1 Å². The average Bonchev–Trinajstić information content (AvgIpc) is 2.48. The Morgan fingerprint density at radius 1 is 1.00 bits per heavy atom. The van der Waals surface area contributed by atoms with Crippen molar-refractivity contribution in [2.75, 3.05) is 13.1 Å². The molecule has 0 amide bonds. The predicted octanol–water partition coefficient (Wildman–Crippen LogP) is 3.52. The van der Waals surface area contributed by atoms with Crippen molar-refractivity contribution >= 4 is 10.0 Å². The summed E-state index contributed by atoms with van der Waals surface area (Å²) < 4.78 is 40.2. The van der Waals surface area contributed by atoms with Crippen LogP contribution in [0.1, 0.15) is 13.8 Å². The lowest BCUT2D eigenvalue weighted by Crippen LogP contribution is -2.30. The van der Waals surface area contributed by atoms with E-state index in [0.29, 0.717) is 24.2 Å². The van der Waals surface area contributed by atoms with Gasteiger partial charge in [0.1, 0.15) is 5.82 Å². The first-order valence-electron chi connectivity index (χ1n) is 6.85. The minimum absolute atomic E-state index is 0.208. The van der Waals surface area contributed by atoms with Gasteiger partial charge in [-0.2, -0.15) is 4.31 Å². The second kappa shape index (κ2) is 6.37. The zero-order chi connectivity index (χ0) is 15.5. The van der Waals surface area contributed by atoms with E-state index in [2.05, 4.69) is 0 Å². The molecular weight excluding hydrogens is 289 g/mol. The summed E-state index contributed by atoms with van der Waals surface area (Å²) in [6.07, 6.45) is 0. The molecule has 0 bridgehead atoms. The van der Waals surface area contributed by atoms with Gasteiger partial charge in [0, 0.05) is 18.7 Å². The van der Waals surface area contributed by atoms with Crippen LogP contribution in [0.5, 0.6) is 0 Å². The molecular formula is C16H18FNO2S. The maximum atomic E-state index is 13.4. The molecule has 0 spiro atoms. The molecule has 0 fully saturated rings. The topological polar surface area (TPSA) is 37.4 Å². The molecule has 2 rings (SSSR count). The summed E-state index contributed by atoms with van der Waals surface area (Å²) in [5, 5.41) is 0. The van der Waals surface area contributed by atoms with Crippen molar-refractivity contribution in [1.29, 1.82) is 0 Å². The third kappa shape index (κ3) is 3.14. The SMILES string of the molecule is CCN(CC)S(=O)(=O)c1ccccc1-c1cccc(F)c1. The Hall–Kier alpha value is -1.72. The van der Waals surface area contributed by atoms with Gasteiger partial charge < -0.3 is 0 Å². The van der Waals surface area contributed by atoms with Crippen LogP contribution in [0.3, 0.4) is 0 Å². The smallest absolute Gasteiger partial charge is 0.207 e. The summed E-state index contributed by atoms with van der Waals surface area (Å²) in [7, 11) is -3.58. The van der Waals surface area contributed by atoms with E-state index in [-0.39, 0.29) is 10.7 Å². The molecule has 0 aliphatic heterocycles. The van der Waals surface area contributed by atoms with Gasteiger partial charge in [0.15, 0.2) is 0 Å². The third-order valence-corrected chi connectivity index (χ3v) is 5.45. The average molecular weight is 307 g/mol. The lowest BCUT2D eigenvalue weighted by Gasteiger charge is -2.20. The van der Waals surface area contributed by atoms with Gasteiger partial charge >= 0.3 is 0 Å². The van der Waals surface area contributed by atoms with E-state index >= 15 is 0 Å². The predicted molar refractivity (Wildman–Crippen MR) is 81.9 cm³/mol. The van der Waals surface area contributed by atoms with E-state index in [1.165, 1.54) is 16.4 Å². The highest BCUT2D eigenvalue weighted by molar-refractivity contribution is 7.89. The van der Waals surface area contributed by atoms with E-state index in [9.17, 15) is 12.8 Å². The minimum atomic E-state index is -3.58. The van der Waals surface area contributed by atoms with Crippen LogP contribution in [0.2, 0.25) is 0 Å². The number of sulfonamides is 1. The van der Waals surface area contributed by atoms with Crippen LogP contribution in [-0.4, -0.2) is 25.8 Å². The molecule has 0 saturated heterocycles. The van der Waals surface area contributed by atoms with E-state index in [1.54, 1.807) is 50.2 Å². The van der Waals surface area contributed by atoms with Gasteiger partial charge in [-0.15, -0.1) is 0 Å². The van der Waals surface area contributed by atoms with Crippen molar-refractivity contribution in [3.05, 3.63) is 54.3 Å². The first-order chi connectivity index (χ1) is 10.0. The Labute approximate surface area is 125 Å². The number of rotatable bonds is 5. The molecule has 2 aromatic rings. The van der Waals surface area contributed by atoms with Crippen LogP contribution >= 0.6 is 0 Å². The quantitative estimate of drug-likeness (QED) is 0.847. The van der Waals surface area contributed by atoms with Crippen molar-refractivity contribution in [3.8, 4) is 11.1 Å². The summed E-state index contributed by atoms with van der Waals surface area (Å²) in [6, 6.07) is 12.7. The van der Waals surface area contributed by atoms with Crippen molar-refractivity contribution in [2.45, 2.75) is 18.7 Å². The van der Waals surface area contributed by atoms with Crippen LogP contribution < -0.4 is 0 Å². The second-order valence-electron chi connectivity index (χ2n) is 4.60. The highest BCUT2D eigenvalue weighted by atomic mass is 32.2. The first-order valence-corrected chi connectivity index (χ1v) is 8.29. The summed E-state index contributed by atoms with van der Waals surface area (Å²) in [5.74, 6) is -0.387. The maximum absolute atomic E-state index is 13.4. The fourth-order valence-corrected chi connectivity index (χ4v) is 3.96. The van der Waals surface area contributed by atoms with E-state index in [1.807, 2.05) is 0 Å².